The van der Waals surface area contributed by atoms with Gasteiger partial charge in [-0.25, -0.2) is 0 Å². The number of nitrogens with zero attached hydrogens (tertiary/aromatic N) is 1. The summed E-state index contributed by atoms with van der Waals surface area (Å²) in [5.41, 5.74) is 0. The van der Waals surface area contributed by atoms with Crippen molar-refractivity contribution in [3.05, 3.63) is 0 Å². The third kappa shape index (κ3) is 4.46. The van der Waals surface area contributed by atoms with Gasteiger partial charge in [-0.3, -0.25) is 4.79 Å². The molecule has 4 nitrogen and oxygen atoms in total. The van der Waals surface area contributed by atoms with Crippen molar-refractivity contribution in [1.82, 2.24) is 4.90 Å². The average Bonchev–Trinajstić information content (AvgIpc) is 2.84. The summed E-state index contributed by atoms with van der Waals surface area (Å²) in [5.74, 6) is 0.248. The van der Waals surface area contributed by atoms with Gasteiger partial charge in [0.25, 0.3) is 0 Å². The molecule has 3 atom stereocenters. The fourth-order valence-corrected chi connectivity index (χ4v) is 3.27. The second kappa shape index (κ2) is 7.25. The van der Waals surface area contributed by atoms with Crippen LogP contribution in [-0.4, -0.2) is 47.3 Å². The number of hydrogen-bond donors (Lipinski definition) is 1. The van der Waals surface area contributed by atoms with E-state index in [4.69, 9.17) is 4.74 Å². The molecule has 2 saturated heterocycles. The summed E-state index contributed by atoms with van der Waals surface area (Å²) >= 11 is 0. The van der Waals surface area contributed by atoms with Crippen LogP contribution in [0.4, 0.5) is 0 Å². The van der Waals surface area contributed by atoms with E-state index in [2.05, 4.69) is 0 Å². The summed E-state index contributed by atoms with van der Waals surface area (Å²) < 4.78 is 5.67. The van der Waals surface area contributed by atoms with Crippen LogP contribution in [0.5, 0.6) is 0 Å². The quantitative estimate of drug-likeness (QED) is 0.831. The molecule has 2 rings (SSSR count). The SMILES string of the molecule is CC(O)CC1CCCN1C(=O)CCC1CCCCO1. The standard InChI is InChI=1S/C15H27NO3/c1-12(17)11-13-5-4-9-16(13)15(18)8-7-14-6-2-3-10-19-14/h12-14,17H,2-11H2,1H3. The molecule has 2 fully saturated rings. The first-order valence-electron chi connectivity index (χ1n) is 7.76. The van der Waals surface area contributed by atoms with Crippen molar-refractivity contribution in [2.24, 2.45) is 0 Å². The number of likely N-dealkylation sites (tertiary alicyclic amines) is 1. The van der Waals surface area contributed by atoms with E-state index < -0.39 is 0 Å². The second-order valence-electron chi connectivity index (χ2n) is 6.00. The van der Waals surface area contributed by atoms with Gasteiger partial charge in [-0.1, -0.05) is 0 Å². The lowest BCUT2D eigenvalue weighted by Crippen LogP contribution is -2.37. The van der Waals surface area contributed by atoms with Gasteiger partial charge in [0.15, 0.2) is 0 Å². The molecule has 1 amide bonds. The highest BCUT2D eigenvalue weighted by Crippen LogP contribution is 2.24. The number of carbonyl (C=O) groups excluding carboxylic acids is 1. The van der Waals surface area contributed by atoms with E-state index in [0.29, 0.717) is 12.8 Å². The fraction of sp³-hybridized carbons (Fsp3) is 0.933. The Bertz CT molecular complexity index is 287. The minimum absolute atomic E-state index is 0.248. The molecule has 0 bridgehead atoms. The first kappa shape index (κ1) is 14.8. The number of amides is 1. The van der Waals surface area contributed by atoms with Crippen molar-refractivity contribution in [2.45, 2.75) is 76.5 Å². The van der Waals surface area contributed by atoms with Crippen LogP contribution < -0.4 is 0 Å². The van der Waals surface area contributed by atoms with E-state index in [1.807, 2.05) is 4.90 Å². The van der Waals surface area contributed by atoms with Gasteiger partial charge in [-0.2, -0.15) is 0 Å². The lowest BCUT2D eigenvalue weighted by molar-refractivity contribution is -0.133. The maximum atomic E-state index is 12.3. The Morgan fingerprint density at radius 1 is 1.37 bits per heavy atom. The largest absolute Gasteiger partial charge is 0.393 e. The van der Waals surface area contributed by atoms with E-state index in [-0.39, 0.29) is 24.2 Å². The van der Waals surface area contributed by atoms with Gasteiger partial charge in [0.05, 0.1) is 12.2 Å². The number of ether oxygens (including phenoxy) is 1. The summed E-state index contributed by atoms with van der Waals surface area (Å²) in [7, 11) is 0. The maximum absolute atomic E-state index is 12.3. The molecule has 0 radical (unpaired) electrons. The van der Waals surface area contributed by atoms with Crippen molar-refractivity contribution in [1.29, 1.82) is 0 Å². The fourth-order valence-electron chi connectivity index (χ4n) is 3.27. The zero-order valence-corrected chi connectivity index (χ0v) is 12.0. The smallest absolute Gasteiger partial charge is 0.222 e. The van der Waals surface area contributed by atoms with E-state index in [1.54, 1.807) is 6.92 Å². The topological polar surface area (TPSA) is 49.8 Å². The third-order valence-electron chi connectivity index (χ3n) is 4.26. The monoisotopic (exact) mass is 269 g/mol. The van der Waals surface area contributed by atoms with Crippen molar-refractivity contribution in [3.8, 4) is 0 Å². The molecule has 0 aliphatic carbocycles. The highest BCUT2D eigenvalue weighted by molar-refractivity contribution is 5.76. The van der Waals surface area contributed by atoms with Crippen LogP contribution in [0.15, 0.2) is 0 Å². The van der Waals surface area contributed by atoms with Crippen molar-refractivity contribution in [2.75, 3.05) is 13.2 Å². The molecule has 3 unspecified atom stereocenters. The predicted octanol–water partition coefficient (Wildman–Crippen LogP) is 2.10. The molecular weight excluding hydrogens is 242 g/mol. The first-order chi connectivity index (χ1) is 9.16. The third-order valence-corrected chi connectivity index (χ3v) is 4.26. The maximum Gasteiger partial charge on any atom is 0.222 e. The summed E-state index contributed by atoms with van der Waals surface area (Å²) in [5, 5.41) is 9.49. The number of aliphatic hydroxyl groups is 1. The summed E-state index contributed by atoms with van der Waals surface area (Å²) in [6.07, 6.45) is 7.74. The molecule has 0 saturated carbocycles. The van der Waals surface area contributed by atoms with E-state index >= 15 is 0 Å². The number of aliphatic hydroxyl groups excluding tert-OH is 1. The van der Waals surface area contributed by atoms with Gasteiger partial charge in [0, 0.05) is 25.6 Å². The van der Waals surface area contributed by atoms with Gasteiger partial charge in [0.2, 0.25) is 5.91 Å². The Labute approximate surface area is 116 Å². The normalized spacial score (nSPS) is 29.5. The van der Waals surface area contributed by atoms with Gasteiger partial charge in [0.1, 0.15) is 0 Å². The van der Waals surface area contributed by atoms with E-state index in [9.17, 15) is 9.90 Å². The molecule has 0 spiro atoms. The molecule has 1 N–H and O–H groups in total. The van der Waals surface area contributed by atoms with Gasteiger partial charge < -0.3 is 14.7 Å². The zero-order valence-electron chi connectivity index (χ0n) is 12.0. The van der Waals surface area contributed by atoms with Gasteiger partial charge in [-0.15, -0.1) is 0 Å². The van der Waals surface area contributed by atoms with E-state index in [0.717, 1.165) is 45.3 Å². The van der Waals surface area contributed by atoms with Crippen LogP contribution in [-0.2, 0) is 9.53 Å². The van der Waals surface area contributed by atoms with Crippen LogP contribution >= 0.6 is 0 Å². The molecule has 110 valence electrons. The van der Waals surface area contributed by atoms with Crippen LogP contribution in [0.25, 0.3) is 0 Å². The molecule has 19 heavy (non-hydrogen) atoms. The van der Waals surface area contributed by atoms with Crippen molar-refractivity contribution in [3.63, 3.8) is 0 Å². The lowest BCUT2D eigenvalue weighted by atomic mass is 10.0. The molecule has 0 aromatic rings. The number of hydrogen-bond acceptors (Lipinski definition) is 3. The number of carbonyl (C=O) groups is 1. The highest BCUT2D eigenvalue weighted by Gasteiger charge is 2.29. The van der Waals surface area contributed by atoms with Crippen LogP contribution in [0.2, 0.25) is 0 Å². The average molecular weight is 269 g/mol. The summed E-state index contributed by atoms with van der Waals surface area (Å²) in [6.45, 7) is 3.52. The second-order valence-corrected chi connectivity index (χ2v) is 6.00. The first-order valence-corrected chi connectivity index (χ1v) is 7.76. The Morgan fingerprint density at radius 2 is 2.21 bits per heavy atom. The van der Waals surface area contributed by atoms with Crippen LogP contribution in [0, 0.1) is 0 Å². The zero-order chi connectivity index (χ0) is 13.7. The Hall–Kier alpha value is -0.610. The Morgan fingerprint density at radius 3 is 2.89 bits per heavy atom. The van der Waals surface area contributed by atoms with Gasteiger partial charge >= 0.3 is 0 Å². The molecule has 2 heterocycles. The van der Waals surface area contributed by atoms with Gasteiger partial charge in [-0.05, 0) is 51.9 Å². The van der Waals surface area contributed by atoms with Crippen LogP contribution in [0.1, 0.15) is 58.3 Å². The highest BCUT2D eigenvalue weighted by atomic mass is 16.5. The Balaban J connectivity index is 1.75. The molecule has 0 aromatic carbocycles. The Kier molecular flexibility index (Phi) is 5.64. The summed E-state index contributed by atoms with van der Waals surface area (Å²) in [6, 6.07) is 0.250. The van der Waals surface area contributed by atoms with E-state index in [1.165, 1.54) is 6.42 Å². The molecule has 2 aliphatic rings. The predicted molar refractivity (Wildman–Crippen MR) is 73.9 cm³/mol. The minimum Gasteiger partial charge on any atom is -0.393 e. The molecular formula is C15H27NO3. The minimum atomic E-state index is -0.319. The summed E-state index contributed by atoms with van der Waals surface area (Å²) in [4.78, 5) is 14.3. The van der Waals surface area contributed by atoms with Crippen molar-refractivity contribution < 1.29 is 14.6 Å². The van der Waals surface area contributed by atoms with Crippen LogP contribution in [0.3, 0.4) is 0 Å². The number of rotatable bonds is 5. The lowest BCUT2D eigenvalue weighted by Gasteiger charge is -2.27. The molecule has 2 aliphatic heterocycles. The molecule has 4 heteroatoms. The van der Waals surface area contributed by atoms with Crippen molar-refractivity contribution >= 4 is 5.91 Å². The molecule has 0 aromatic heterocycles.